The smallest absolute Gasteiger partial charge is 0.161 e. The zero-order valence-electron chi connectivity index (χ0n) is 11.3. The summed E-state index contributed by atoms with van der Waals surface area (Å²) in [6.07, 6.45) is 0. The summed E-state index contributed by atoms with van der Waals surface area (Å²) in [6.45, 7) is 3.51. The van der Waals surface area contributed by atoms with E-state index >= 15 is 0 Å². The monoisotopic (exact) mass is 311 g/mol. The Morgan fingerprint density at radius 1 is 1.10 bits per heavy atom. The molecule has 0 fully saturated rings. The largest absolute Gasteiger partial charge is 0.389 e. The Balaban J connectivity index is 2.54. The van der Waals surface area contributed by atoms with Crippen LogP contribution in [0.4, 0.5) is 24.7 Å². The lowest BCUT2D eigenvalue weighted by molar-refractivity contribution is 0.496. The number of aromatic nitrogens is 1. The van der Waals surface area contributed by atoms with E-state index in [9.17, 15) is 13.2 Å². The van der Waals surface area contributed by atoms with Gasteiger partial charge in [-0.1, -0.05) is 12.2 Å². The zero-order valence-corrected chi connectivity index (χ0v) is 12.1. The normalized spacial score (nSPS) is 10.5. The minimum atomic E-state index is -1.26. The average Bonchev–Trinajstić information content (AvgIpc) is 2.34. The molecule has 0 aliphatic carbocycles. The molecule has 110 valence electrons. The Morgan fingerprint density at radius 2 is 1.71 bits per heavy atom. The third-order valence-electron chi connectivity index (χ3n) is 2.85. The van der Waals surface area contributed by atoms with Gasteiger partial charge in [-0.2, -0.15) is 0 Å². The molecule has 2 aromatic rings. The van der Waals surface area contributed by atoms with Crippen LogP contribution >= 0.6 is 12.2 Å². The third-order valence-corrected chi connectivity index (χ3v) is 3.06. The number of hydrogen-bond acceptors (Lipinski definition) is 3. The SMILES string of the molecule is Cc1cc(C)c(C(N)=S)c(Nc2cc(F)c(F)cc2F)n1. The van der Waals surface area contributed by atoms with Crippen LogP contribution in [0.2, 0.25) is 0 Å². The molecule has 2 rings (SSSR count). The molecule has 0 spiro atoms. The van der Waals surface area contributed by atoms with Gasteiger partial charge in [-0.05, 0) is 25.5 Å². The maximum Gasteiger partial charge on any atom is 0.161 e. The van der Waals surface area contributed by atoms with Crippen LogP contribution in [0.25, 0.3) is 0 Å². The van der Waals surface area contributed by atoms with Crippen LogP contribution < -0.4 is 11.1 Å². The van der Waals surface area contributed by atoms with Crippen LogP contribution in [0, 0.1) is 31.3 Å². The van der Waals surface area contributed by atoms with E-state index < -0.39 is 17.5 Å². The molecule has 3 nitrogen and oxygen atoms in total. The maximum atomic E-state index is 13.7. The molecule has 7 heteroatoms. The van der Waals surface area contributed by atoms with Gasteiger partial charge in [0.25, 0.3) is 0 Å². The van der Waals surface area contributed by atoms with Crippen molar-refractivity contribution >= 4 is 28.7 Å². The third kappa shape index (κ3) is 3.13. The fourth-order valence-corrected chi connectivity index (χ4v) is 2.24. The highest BCUT2D eigenvalue weighted by Gasteiger charge is 2.15. The van der Waals surface area contributed by atoms with E-state index in [1.807, 2.05) is 0 Å². The highest BCUT2D eigenvalue weighted by atomic mass is 32.1. The highest BCUT2D eigenvalue weighted by molar-refractivity contribution is 7.80. The Bertz CT molecular complexity index is 732. The quantitative estimate of drug-likeness (QED) is 0.673. The number of aryl methyl sites for hydroxylation is 2. The molecule has 3 N–H and O–H groups in total. The number of halogens is 3. The van der Waals surface area contributed by atoms with E-state index in [0.717, 1.165) is 5.56 Å². The van der Waals surface area contributed by atoms with E-state index in [-0.39, 0.29) is 16.5 Å². The minimum absolute atomic E-state index is 0.0745. The van der Waals surface area contributed by atoms with Crippen molar-refractivity contribution in [2.45, 2.75) is 13.8 Å². The molecule has 0 saturated carbocycles. The second kappa shape index (κ2) is 5.69. The molecular formula is C14H12F3N3S. The molecule has 0 aliphatic heterocycles. The maximum absolute atomic E-state index is 13.7. The Morgan fingerprint density at radius 3 is 2.33 bits per heavy atom. The number of anilines is 2. The van der Waals surface area contributed by atoms with Crippen molar-refractivity contribution in [2.24, 2.45) is 5.73 Å². The number of nitrogens with one attached hydrogen (secondary N) is 1. The molecule has 0 radical (unpaired) electrons. The van der Waals surface area contributed by atoms with Crippen molar-refractivity contribution in [3.63, 3.8) is 0 Å². The Labute approximate surface area is 125 Å². The number of rotatable bonds is 3. The Kier molecular flexibility index (Phi) is 4.13. The van der Waals surface area contributed by atoms with Crippen LogP contribution in [0.15, 0.2) is 18.2 Å². The van der Waals surface area contributed by atoms with Gasteiger partial charge in [0.05, 0.1) is 11.3 Å². The lowest BCUT2D eigenvalue weighted by Gasteiger charge is -2.14. The number of thiocarbonyl (C=S) groups is 1. The van der Waals surface area contributed by atoms with E-state index in [1.165, 1.54) is 0 Å². The molecule has 1 aromatic carbocycles. The molecule has 0 bridgehead atoms. The summed E-state index contributed by atoms with van der Waals surface area (Å²) in [4.78, 5) is 4.26. The van der Waals surface area contributed by atoms with Crippen LogP contribution in [0.3, 0.4) is 0 Å². The minimum Gasteiger partial charge on any atom is -0.389 e. The van der Waals surface area contributed by atoms with Gasteiger partial charge in [0.2, 0.25) is 0 Å². The number of hydrogen-bond donors (Lipinski definition) is 2. The molecule has 1 aromatic heterocycles. The fraction of sp³-hybridized carbons (Fsp3) is 0.143. The van der Waals surface area contributed by atoms with E-state index in [0.29, 0.717) is 23.4 Å². The first-order valence-corrected chi connectivity index (χ1v) is 6.40. The van der Waals surface area contributed by atoms with Gasteiger partial charge < -0.3 is 11.1 Å². The van der Waals surface area contributed by atoms with Crippen molar-refractivity contribution in [1.82, 2.24) is 4.98 Å². The van der Waals surface area contributed by atoms with E-state index in [2.05, 4.69) is 10.3 Å². The first kappa shape index (κ1) is 15.2. The molecule has 0 atom stereocenters. The van der Waals surface area contributed by atoms with Crippen LogP contribution in [0.1, 0.15) is 16.8 Å². The lowest BCUT2D eigenvalue weighted by Crippen LogP contribution is -2.16. The van der Waals surface area contributed by atoms with Crippen LogP contribution in [-0.4, -0.2) is 9.97 Å². The lowest BCUT2D eigenvalue weighted by atomic mass is 10.1. The second-order valence-corrected chi connectivity index (χ2v) is 4.98. The first-order chi connectivity index (χ1) is 9.79. The van der Waals surface area contributed by atoms with Crippen molar-refractivity contribution < 1.29 is 13.2 Å². The number of nitrogens with zero attached hydrogens (tertiary/aromatic N) is 1. The van der Waals surface area contributed by atoms with Crippen LogP contribution in [-0.2, 0) is 0 Å². The molecule has 21 heavy (non-hydrogen) atoms. The fourth-order valence-electron chi connectivity index (χ4n) is 1.98. The Hall–Kier alpha value is -2.15. The van der Waals surface area contributed by atoms with Gasteiger partial charge in [-0.25, -0.2) is 18.2 Å². The summed E-state index contributed by atoms with van der Waals surface area (Å²) in [5.74, 6) is -3.17. The van der Waals surface area contributed by atoms with Crippen molar-refractivity contribution in [3.8, 4) is 0 Å². The summed E-state index contributed by atoms with van der Waals surface area (Å²) >= 11 is 4.95. The van der Waals surface area contributed by atoms with Gasteiger partial charge in [0.1, 0.15) is 16.6 Å². The molecule has 0 unspecified atom stereocenters. The summed E-state index contributed by atoms with van der Waals surface area (Å²) in [7, 11) is 0. The summed E-state index contributed by atoms with van der Waals surface area (Å²) in [6, 6.07) is 2.94. The summed E-state index contributed by atoms with van der Waals surface area (Å²) in [5.41, 5.74) is 7.22. The van der Waals surface area contributed by atoms with Crippen molar-refractivity contribution in [3.05, 3.63) is 52.5 Å². The highest BCUT2D eigenvalue weighted by Crippen LogP contribution is 2.26. The average molecular weight is 311 g/mol. The van der Waals surface area contributed by atoms with Crippen LogP contribution in [0.5, 0.6) is 0 Å². The van der Waals surface area contributed by atoms with E-state index in [4.69, 9.17) is 18.0 Å². The molecule has 0 aliphatic rings. The number of benzene rings is 1. The topological polar surface area (TPSA) is 50.9 Å². The second-order valence-electron chi connectivity index (χ2n) is 4.54. The zero-order chi connectivity index (χ0) is 15.7. The van der Waals surface area contributed by atoms with Gasteiger partial charge in [0.15, 0.2) is 11.6 Å². The molecule has 0 amide bonds. The molecular weight excluding hydrogens is 299 g/mol. The van der Waals surface area contributed by atoms with Gasteiger partial charge in [-0.15, -0.1) is 0 Å². The van der Waals surface area contributed by atoms with Crippen molar-refractivity contribution in [1.29, 1.82) is 0 Å². The van der Waals surface area contributed by atoms with Gasteiger partial charge in [-0.3, -0.25) is 0 Å². The van der Waals surface area contributed by atoms with E-state index in [1.54, 1.807) is 19.9 Å². The van der Waals surface area contributed by atoms with Crippen molar-refractivity contribution in [2.75, 3.05) is 5.32 Å². The standard InChI is InChI=1S/C14H12F3N3S/c1-6-3-7(2)19-14(12(6)13(18)21)20-11-5-9(16)8(15)4-10(11)17/h3-5H,1-2H3,(H2,18,21)(H,19,20). The van der Waals surface area contributed by atoms with Gasteiger partial charge >= 0.3 is 0 Å². The number of nitrogens with two attached hydrogens (primary N) is 1. The number of pyridine rings is 1. The summed E-state index contributed by atoms with van der Waals surface area (Å²) < 4.78 is 39.9. The first-order valence-electron chi connectivity index (χ1n) is 5.99. The molecule has 1 heterocycles. The predicted octanol–water partition coefficient (Wildman–Crippen LogP) is 3.49. The summed E-state index contributed by atoms with van der Waals surface area (Å²) in [5, 5.41) is 2.61. The predicted molar refractivity (Wildman–Crippen MR) is 79.2 cm³/mol. The van der Waals surface area contributed by atoms with Gasteiger partial charge in [0, 0.05) is 17.8 Å². The molecule has 0 saturated heterocycles.